The summed E-state index contributed by atoms with van der Waals surface area (Å²) < 4.78 is 0. The van der Waals surface area contributed by atoms with E-state index in [1.54, 1.807) is 18.2 Å². The maximum Gasteiger partial charge on any atom is 0.231 e. The molecule has 1 amide bonds. The highest BCUT2D eigenvalue weighted by atomic mass is 35.5. The van der Waals surface area contributed by atoms with Gasteiger partial charge in [0.25, 0.3) is 0 Å². The number of nitrogens with zero attached hydrogens (tertiary/aromatic N) is 1. The second-order valence-electron chi connectivity index (χ2n) is 4.21. The van der Waals surface area contributed by atoms with Crippen molar-refractivity contribution < 1.29 is 9.90 Å². The van der Waals surface area contributed by atoms with E-state index in [2.05, 4.69) is 0 Å². The number of nitrogens with two attached hydrogens (primary N) is 1. The Hall–Kier alpha value is -1.26. The molecular formula is C12H17ClN2O2. The smallest absolute Gasteiger partial charge is 0.231 e. The molecule has 3 N–H and O–H groups in total. The average Bonchev–Trinajstić information content (AvgIpc) is 2.22. The van der Waals surface area contributed by atoms with Crippen LogP contribution in [0.4, 0.5) is 0 Å². The molecule has 0 bridgehead atoms. The van der Waals surface area contributed by atoms with Crippen LogP contribution in [-0.4, -0.2) is 28.5 Å². The van der Waals surface area contributed by atoms with Gasteiger partial charge < -0.3 is 10.8 Å². The molecule has 17 heavy (non-hydrogen) atoms. The third-order valence-corrected chi connectivity index (χ3v) is 2.84. The third kappa shape index (κ3) is 3.91. The maximum absolute atomic E-state index is 10.9. The van der Waals surface area contributed by atoms with Crippen molar-refractivity contribution in [2.24, 2.45) is 5.73 Å². The molecule has 0 aliphatic rings. The number of para-hydroxylation sites is 1. The SMILES string of the molecule is CC(C)N(CC(N)=O)Cc1cccc(Cl)c1O. The Balaban J connectivity index is 2.86. The predicted octanol–water partition coefficient (Wildman–Crippen LogP) is 1.74. The van der Waals surface area contributed by atoms with E-state index in [1.807, 2.05) is 18.7 Å². The van der Waals surface area contributed by atoms with Crippen LogP contribution in [0.2, 0.25) is 5.02 Å². The lowest BCUT2D eigenvalue weighted by Gasteiger charge is -2.25. The van der Waals surface area contributed by atoms with E-state index in [0.717, 1.165) is 0 Å². The number of hydrogen-bond donors (Lipinski definition) is 2. The topological polar surface area (TPSA) is 66.6 Å². The molecule has 0 aliphatic heterocycles. The number of halogens is 1. The lowest BCUT2D eigenvalue weighted by Crippen LogP contribution is -2.37. The summed E-state index contributed by atoms with van der Waals surface area (Å²) in [5.74, 6) is -0.329. The van der Waals surface area contributed by atoms with Crippen molar-refractivity contribution in [3.8, 4) is 5.75 Å². The van der Waals surface area contributed by atoms with Crippen LogP contribution in [0.25, 0.3) is 0 Å². The standard InChI is InChI=1S/C12H17ClN2O2/c1-8(2)15(7-11(14)16)6-9-4-3-5-10(13)12(9)17/h3-5,8,17H,6-7H2,1-2H3,(H2,14,16). The maximum atomic E-state index is 10.9. The molecule has 0 atom stereocenters. The van der Waals surface area contributed by atoms with Crippen molar-refractivity contribution >= 4 is 17.5 Å². The Morgan fingerprint density at radius 1 is 1.53 bits per heavy atom. The quantitative estimate of drug-likeness (QED) is 0.843. The van der Waals surface area contributed by atoms with Crippen LogP contribution in [0.3, 0.4) is 0 Å². The lowest BCUT2D eigenvalue weighted by molar-refractivity contribution is -0.119. The van der Waals surface area contributed by atoms with Gasteiger partial charge in [-0.3, -0.25) is 9.69 Å². The molecule has 0 saturated heterocycles. The Morgan fingerprint density at radius 3 is 2.71 bits per heavy atom. The van der Waals surface area contributed by atoms with E-state index in [0.29, 0.717) is 17.1 Å². The summed E-state index contributed by atoms with van der Waals surface area (Å²) in [6, 6.07) is 5.31. The van der Waals surface area contributed by atoms with Crippen molar-refractivity contribution in [2.45, 2.75) is 26.4 Å². The molecule has 1 aromatic rings. The van der Waals surface area contributed by atoms with E-state index in [-0.39, 0.29) is 24.2 Å². The summed E-state index contributed by atoms with van der Waals surface area (Å²) in [6.07, 6.45) is 0. The van der Waals surface area contributed by atoms with Gasteiger partial charge in [0.15, 0.2) is 0 Å². The van der Waals surface area contributed by atoms with Crippen LogP contribution < -0.4 is 5.73 Å². The minimum absolute atomic E-state index is 0.0595. The van der Waals surface area contributed by atoms with Crippen molar-refractivity contribution in [1.29, 1.82) is 0 Å². The second kappa shape index (κ2) is 5.89. The first-order valence-corrected chi connectivity index (χ1v) is 5.78. The van der Waals surface area contributed by atoms with Crippen molar-refractivity contribution in [3.63, 3.8) is 0 Å². The molecule has 0 spiro atoms. The largest absolute Gasteiger partial charge is 0.506 e. The van der Waals surface area contributed by atoms with E-state index < -0.39 is 0 Å². The predicted molar refractivity (Wildman–Crippen MR) is 67.9 cm³/mol. The molecule has 0 radical (unpaired) electrons. The third-order valence-electron chi connectivity index (χ3n) is 2.53. The van der Waals surface area contributed by atoms with Gasteiger partial charge in [-0.15, -0.1) is 0 Å². The summed E-state index contributed by atoms with van der Waals surface area (Å²) in [5.41, 5.74) is 5.87. The number of phenolic OH excluding ortho intramolecular Hbond substituents is 1. The number of benzene rings is 1. The van der Waals surface area contributed by atoms with E-state index in [1.165, 1.54) is 0 Å². The molecule has 0 heterocycles. The molecule has 0 aromatic heterocycles. The van der Waals surface area contributed by atoms with Crippen LogP contribution >= 0.6 is 11.6 Å². The number of rotatable bonds is 5. The fourth-order valence-corrected chi connectivity index (χ4v) is 1.72. The molecule has 5 heteroatoms. The summed E-state index contributed by atoms with van der Waals surface area (Å²) in [7, 11) is 0. The number of primary amides is 1. The minimum atomic E-state index is -0.389. The molecule has 1 rings (SSSR count). The van der Waals surface area contributed by atoms with Gasteiger partial charge >= 0.3 is 0 Å². The van der Waals surface area contributed by atoms with Gasteiger partial charge in [-0.2, -0.15) is 0 Å². The number of phenols is 1. The molecule has 4 nitrogen and oxygen atoms in total. The van der Waals surface area contributed by atoms with Crippen LogP contribution in [0, 0.1) is 0 Å². The highest BCUT2D eigenvalue weighted by Crippen LogP contribution is 2.28. The Kier molecular flexibility index (Phi) is 4.78. The zero-order valence-corrected chi connectivity index (χ0v) is 10.7. The summed E-state index contributed by atoms with van der Waals surface area (Å²) in [6.45, 7) is 4.52. The molecular weight excluding hydrogens is 240 g/mol. The van der Waals surface area contributed by atoms with E-state index >= 15 is 0 Å². The highest BCUT2D eigenvalue weighted by Gasteiger charge is 2.15. The van der Waals surface area contributed by atoms with Crippen LogP contribution in [0.15, 0.2) is 18.2 Å². The van der Waals surface area contributed by atoms with Crippen LogP contribution in [0.5, 0.6) is 5.75 Å². The molecule has 0 unspecified atom stereocenters. The number of carbonyl (C=O) groups is 1. The first kappa shape index (κ1) is 13.8. The zero-order valence-electron chi connectivity index (χ0n) is 9.98. The number of amides is 1. The number of hydrogen-bond acceptors (Lipinski definition) is 3. The molecule has 0 aliphatic carbocycles. The first-order valence-electron chi connectivity index (χ1n) is 5.40. The monoisotopic (exact) mass is 256 g/mol. The van der Waals surface area contributed by atoms with E-state index in [4.69, 9.17) is 17.3 Å². The molecule has 94 valence electrons. The first-order chi connectivity index (χ1) is 7.91. The lowest BCUT2D eigenvalue weighted by atomic mass is 10.1. The fraction of sp³-hybridized carbons (Fsp3) is 0.417. The molecule has 0 fully saturated rings. The molecule has 1 aromatic carbocycles. The normalized spacial score (nSPS) is 11.1. The van der Waals surface area contributed by atoms with Crippen LogP contribution in [-0.2, 0) is 11.3 Å². The summed E-state index contributed by atoms with van der Waals surface area (Å²) >= 11 is 5.82. The van der Waals surface area contributed by atoms with Gasteiger partial charge in [0.2, 0.25) is 5.91 Å². The van der Waals surface area contributed by atoms with E-state index in [9.17, 15) is 9.90 Å². The average molecular weight is 257 g/mol. The van der Waals surface area contributed by atoms with Gasteiger partial charge in [-0.05, 0) is 19.9 Å². The highest BCUT2D eigenvalue weighted by molar-refractivity contribution is 6.32. The number of carbonyl (C=O) groups excluding carboxylic acids is 1. The number of aromatic hydroxyl groups is 1. The van der Waals surface area contributed by atoms with Gasteiger partial charge in [0.05, 0.1) is 11.6 Å². The Bertz CT molecular complexity index is 407. The zero-order chi connectivity index (χ0) is 13.0. The van der Waals surface area contributed by atoms with Crippen molar-refractivity contribution in [3.05, 3.63) is 28.8 Å². The minimum Gasteiger partial charge on any atom is -0.506 e. The summed E-state index contributed by atoms with van der Waals surface area (Å²) in [4.78, 5) is 12.8. The van der Waals surface area contributed by atoms with Gasteiger partial charge in [-0.25, -0.2) is 0 Å². The van der Waals surface area contributed by atoms with Crippen molar-refractivity contribution in [2.75, 3.05) is 6.54 Å². The molecule has 0 saturated carbocycles. The fourth-order valence-electron chi connectivity index (χ4n) is 1.53. The Morgan fingerprint density at radius 2 is 2.18 bits per heavy atom. The Labute approximate surface area is 106 Å². The van der Waals surface area contributed by atoms with Gasteiger partial charge in [0.1, 0.15) is 5.75 Å². The van der Waals surface area contributed by atoms with Crippen molar-refractivity contribution in [1.82, 2.24) is 4.90 Å². The summed E-state index contributed by atoms with van der Waals surface area (Å²) in [5, 5.41) is 10.1. The second-order valence-corrected chi connectivity index (χ2v) is 4.62. The van der Waals surface area contributed by atoms with Crippen LogP contribution in [0.1, 0.15) is 19.4 Å². The van der Waals surface area contributed by atoms with Gasteiger partial charge in [0, 0.05) is 18.2 Å². The van der Waals surface area contributed by atoms with Gasteiger partial charge in [-0.1, -0.05) is 23.7 Å².